The van der Waals surface area contributed by atoms with Gasteiger partial charge in [0.25, 0.3) is 14.8 Å². The molecule has 0 atom stereocenters. The van der Waals surface area contributed by atoms with Crippen LogP contribution in [0.15, 0.2) is 108 Å². The fourth-order valence-corrected chi connectivity index (χ4v) is 9.75. The number of Topliss-reactive ketones (excluding diaryl/α,β-unsaturated/α-hetero) is 1. The Hall–Kier alpha value is -7.11. The molecular formula is C56H69ClF6N7O10PS2. The Bertz CT molecular complexity index is 3230. The van der Waals surface area contributed by atoms with E-state index in [9.17, 15) is 52.6 Å². The number of diazo groups is 2. The molecule has 0 amide bonds. The van der Waals surface area contributed by atoms with E-state index in [2.05, 4.69) is 40.8 Å². The zero-order valence-corrected chi connectivity index (χ0v) is 50.4. The van der Waals surface area contributed by atoms with Crippen molar-refractivity contribution in [2.45, 2.75) is 123 Å². The predicted molar refractivity (Wildman–Crippen MR) is 311 cm³/mol. The van der Waals surface area contributed by atoms with E-state index in [1.54, 1.807) is 50.2 Å². The number of aryl methyl sites for hydroxylation is 3. The molecule has 83 heavy (non-hydrogen) atoms. The molecule has 0 aromatic heterocycles. The molecular weight excluding hydrogens is 1180 g/mol. The molecule has 1 N–H and O–H groups in total. The minimum atomic E-state index is -8.55. The standard InChI is InChI=1S/C24H41N2O3.C13H12N3O.C10H5ClN2O3S.C9H12O3S.F5P.FH/c1-4-7-10-13-16-27-21-19-22(28-17-14-11-8-5-2)24(26-25)23(20-21)29-18-15-12-9-6-3;1-17-13-9-11(7-8-12(13)16-14)15-10-5-3-2-4-6-10;11-17(15,16)9-5-8(13-12)10(14)7-4-2-1-3-6(7)9;1-6-4-7(2)9(8(3)5-6)13(10,11)12;1-6(2,3,4)5;/h19-20H,4-18H2,1-3H3;2-9,15H,1H3;1-5H;4-5H,1-3H3,(H,10,11,12);;1H/q2*+1;;;;/p-2. The number of para-hydroxylation sites is 1. The third kappa shape index (κ3) is 28.6. The summed E-state index contributed by atoms with van der Waals surface area (Å²) in [7, 11) is -10.1. The van der Waals surface area contributed by atoms with Gasteiger partial charge in [0.2, 0.25) is 28.0 Å². The topological polar surface area (TPSA) is 250 Å². The summed E-state index contributed by atoms with van der Waals surface area (Å²) in [5, 5.41) is 21.6. The maximum absolute atomic E-state index is 11.7. The van der Waals surface area contributed by atoms with Gasteiger partial charge >= 0.3 is 46.2 Å². The van der Waals surface area contributed by atoms with E-state index >= 15 is 0 Å². The average Bonchev–Trinajstić information content (AvgIpc) is 3.32. The molecule has 6 rings (SSSR count). The number of ketones is 1. The van der Waals surface area contributed by atoms with Gasteiger partial charge < -0.3 is 39.1 Å². The summed E-state index contributed by atoms with van der Waals surface area (Å²) in [5.74, 6) is 1.74. The van der Waals surface area contributed by atoms with Crippen molar-refractivity contribution < 1.29 is 75.6 Å². The van der Waals surface area contributed by atoms with Crippen LogP contribution in [0.25, 0.3) is 20.4 Å². The van der Waals surface area contributed by atoms with Crippen molar-refractivity contribution >= 4 is 77.2 Å². The first-order valence-corrected chi connectivity index (χ1v) is 31.4. The van der Waals surface area contributed by atoms with Crippen molar-refractivity contribution in [1.29, 1.82) is 10.8 Å². The van der Waals surface area contributed by atoms with Gasteiger partial charge in [-0.3, -0.25) is 4.79 Å². The Morgan fingerprint density at radius 1 is 0.639 bits per heavy atom. The molecule has 0 unspecified atom stereocenters. The summed E-state index contributed by atoms with van der Waals surface area (Å²) in [6.45, 7) is 13.6. The number of allylic oxidation sites excluding steroid dienone is 1. The number of carbonyl (C=O) groups is 1. The van der Waals surface area contributed by atoms with Crippen LogP contribution in [-0.4, -0.2) is 64.6 Å². The van der Waals surface area contributed by atoms with Crippen molar-refractivity contribution in [3.05, 3.63) is 146 Å². The normalized spacial score (nSPS) is 11.9. The molecule has 0 aliphatic heterocycles. The van der Waals surface area contributed by atoms with E-state index in [0.29, 0.717) is 65.3 Å². The third-order valence-electron chi connectivity index (χ3n) is 11.4. The van der Waals surface area contributed by atoms with Gasteiger partial charge in [-0.25, -0.2) is 16.8 Å². The Balaban J connectivity index is 0.000000553. The molecule has 5 aromatic rings. The second-order valence-corrected chi connectivity index (χ2v) is 23.3. The van der Waals surface area contributed by atoms with Crippen LogP contribution in [0.2, 0.25) is 0 Å². The van der Waals surface area contributed by atoms with Gasteiger partial charge in [-0.05, 0) is 69.4 Å². The van der Waals surface area contributed by atoms with Crippen LogP contribution in [0.1, 0.15) is 130 Å². The summed E-state index contributed by atoms with van der Waals surface area (Å²) in [6.07, 6.45) is 14.6. The number of halogens is 7. The average molecular weight is 1240 g/mol. The quantitative estimate of drug-likeness (QED) is 0.00935. The van der Waals surface area contributed by atoms with Crippen LogP contribution >= 0.6 is 18.8 Å². The van der Waals surface area contributed by atoms with Gasteiger partial charge in [0.15, 0.2) is 9.95 Å². The van der Waals surface area contributed by atoms with Crippen molar-refractivity contribution in [3.8, 4) is 23.0 Å². The molecule has 0 fully saturated rings. The van der Waals surface area contributed by atoms with E-state index in [-0.39, 0.29) is 31.3 Å². The van der Waals surface area contributed by atoms with Crippen LogP contribution in [0, 0.1) is 31.6 Å². The molecule has 0 spiro atoms. The maximum Gasteiger partial charge on any atom is 0.364 e. The maximum atomic E-state index is 11.7. The van der Waals surface area contributed by atoms with E-state index in [1.165, 1.54) is 64.2 Å². The molecule has 17 nitrogen and oxygen atoms in total. The molecule has 5 aromatic carbocycles. The van der Waals surface area contributed by atoms with Gasteiger partial charge in [-0.2, -0.15) is 4.79 Å². The number of hydrogen-bond acceptors (Lipinski definition) is 13. The van der Waals surface area contributed by atoms with Gasteiger partial charge in [0.1, 0.15) is 15.9 Å². The van der Waals surface area contributed by atoms with Crippen molar-refractivity contribution in [1.82, 2.24) is 0 Å². The number of rotatable bonds is 23. The molecule has 1 aliphatic carbocycles. The summed E-state index contributed by atoms with van der Waals surface area (Å²) in [6, 6.07) is 28.2. The smallest absolute Gasteiger partial charge is 0.364 e. The summed E-state index contributed by atoms with van der Waals surface area (Å²) < 4.78 is 127. The minimum absolute atomic E-state index is 0. The fourth-order valence-electron chi connectivity index (χ4n) is 7.77. The Morgan fingerprint density at radius 3 is 1.53 bits per heavy atom. The largest absolute Gasteiger partial charge is 1.00 e. The number of anilines is 2. The van der Waals surface area contributed by atoms with E-state index in [1.807, 2.05) is 55.5 Å². The number of nitrogens with zero attached hydrogens (tertiary/aromatic N) is 6. The van der Waals surface area contributed by atoms with Crippen LogP contribution in [0.4, 0.5) is 43.7 Å². The number of methoxy groups -OCH3 is 1. The summed E-state index contributed by atoms with van der Waals surface area (Å²) in [4.78, 5) is 20.8. The SMILES string of the molecule is CCCCCCOc1cc(OCCCCCC)c([N+]#N)c(OCCCCCC)c1.COc1cc(Nc2ccccc2)ccc1[N+]#N.Cc1cc(C)c(S(=O)(=O)[O-])c(C)c1.FP(F)(F)(F)F.[F-].[N-]=[N+]=C1C=C(S(=O)(=O)Cl)c2ccccc2C1=O. The number of ether oxygens (including phenoxy) is 4. The van der Waals surface area contributed by atoms with Crippen molar-refractivity contribution in [3.63, 3.8) is 0 Å². The monoisotopic (exact) mass is 1240 g/mol. The van der Waals surface area contributed by atoms with E-state index in [4.69, 9.17) is 40.6 Å². The Labute approximate surface area is 486 Å². The van der Waals surface area contributed by atoms with Crippen LogP contribution < -0.4 is 29.0 Å². The summed E-state index contributed by atoms with van der Waals surface area (Å²) >= 11 is 0. The zero-order valence-electron chi connectivity index (χ0n) is 47.1. The van der Waals surface area contributed by atoms with Crippen LogP contribution in [-0.2, 0) is 19.2 Å². The fraction of sp³-hybridized carbons (Fsp3) is 0.393. The van der Waals surface area contributed by atoms with Crippen molar-refractivity contribution in [2.75, 3.05) is 32.2 Å². The Morgan fingerprint density at radius 2 is 1.11 bits per heavy atom. The van der Waals surface area contributed by atoms with E-state index < -0.39 is 33.1 Å². The number of benzene rings is 5. The van der Waals surface area contributed by atoms with Gasteiger partial charge in [0, 0.05) is 57.4 Å². The minimum Gasteiger partial charge on any atom is -1.00 e. The molecule has 0 saturated heterocycles. The van der Waals surface area contributed by atoms with E-state index in [0.717, 1.165) is 55.1 Å². The predicted octanol–water partition coefficient (Wildman–Crippen LogP) is 14.9. The first kappa shape index (κ1) is 73.9. The second-order valence-electron chi connectivity index (χ2n) is 18.2. The second kappa shape index (κ2) is 36.5. The molecule has 1 aliphatic rings. The molecule has 0 heterocycles. The number of hydrogen-bond donors (Lipinski definition) is 1. The van der Waals surface area contributed by atoms with Gasteiger partial charge in [0.05, 0.1) is 42.8 Å². The number of nitrogens with one attached hydrogen (secondary N) is 1. The van der Waals surface area contributed by atoms with Crippen LogP contribution in [0.5, 0.6) is 23.0 Å². The molecule has 0 radical (unpaired) electrons. The first-order chi connectivity index (χ1) is 38.6. The Kier molecular flexibility index (Phi) is 32.5. The van der Waals surface area contributed by atoms with Gasteiger partial charge in [-0.1, -0.05) is 139 Å². The molecule has 0 bridgehead atoms. The zero-order chi connectivity index (χ0) is 61.5. The molecule has 454 valence electrons. The first-order valence-electron chi connectivity index (χ1n) is 26.0. The number of unbranched alkanes of at least 4 members (excludes halogenated alkanes) is 9. The van der Waals surface area contributed by atoms with Crippen molar-refractivity contribution in [2.24, 2.45) is 0 Å². The summed E-state index contributed by atoms with van der Waals surface area (Å²) in [5.41, 5.74) is 13.3. The van der Waals surface area contributed by atoms with Gasteiger partial charge in [-0.15, -0.1) is 0 Å². The molecule has 27 heteroatoms. The molecule has 0 saturated carbocycles. The number of carbonyl (C=O) groups excluding carboxylic acids is 1. The van der Waals surface area contributed by atoms with Crippen LogP contribution in [0.3, 0.4) is 0 Å². The number of fused-ring (bicyclic) bond motifs is 1. The third-order valence-corrected chi connectivity index (χ3v) is 13.9.